The number of hydrogen-bond acceptors (Lipinski definition) is 6. The van der Waals surface area contributed by atoms with E-state index in [0.717, 1.165) is 5.69 Å². The minimum atomic E-state index is -0.410. The number of nitrogens with zero attached hydrogens (tertiary/aromatic N) is 2. The Morgan fingerprint density at radius 2 is 1.84 bits per heavy atom. The number of hydrogen-bond donors (Lipinski definition) is 1. The van der Waals surface area contributed by atoms with E-state index in [1.807, 2.05) is 0 Å². The average Bonchev–Trinajstić information content (AvgIpc) is 3.16. The smallest absolute Gasteiger partial charge is 0.341 e. The van der Waals surface area contributed by atoms with Crippen LogP contribution < -0.4 is 14.8 Å². The largest absolute Gasteiger partial charge is 0.486 e. The fourth-order valence-electron chi connectivity index (χ4n) is 3.19. The number of fused-ring (bicyclic) bond motifs is 1. The number of nitrogens with one attached hydrogen (secondary N) is 1. The van der Waals surface area contributed by atoms with E-state index in [1.165, 1.54) is 6.20 Å². The fraction of sp³-hybridized carbons (Fsp3) is 0.227. The summed E-state index contributed by atoms with van der Waals surface area (Å²) in [7, 11) is 0. The van der Waals surface area contributed by atoms with Crippen molar-refractivity contribution in [1.29, 1.82) is 0 Å². The lowest BCUT2D eigenvalue weighted by atomic mass is 10.1. The lowest BCUT2D eigenvalue weighted by Gasteiger charge is -2.20. The molecule has 4 rings (SSSR count). The Hall–Kier alpha value is -3.33. The minimum absolute atomic E-state index is 0.270. The number of ether oxygens (including phenoxy) is 3. The van der Waals surface area contributed by atoms with Gasteiger partial charge in [-0.1, -0.05) is 0 Å². The molecular formula is C22H20BrN3O5. The monoisotopic (exact) mass is 485 g/mol. The van der Waals surface area contributed by atoms with E-state index in [1.54, 1.807) is 54.9 Å². The summed E-state index contributed by atoms with van der Waals surface area (Å²) in [6.07, 6.45) is 1.48. The van der Waals surface area contributed by atoms with Crippen LogP contribution in [0.2, 0.25) is 0 Å². The summed E-state index contributed by atoms with van der Waals surface area (Å²) in [4.78, 5) is 24.7. The number of amides is 1. The van der Waals surface area contributed by atoms with Gasteiger partial charge in [0.15, 0.2) is 11.5 Å². The molecular weight excluding hydrogens is 466 g/mol. The third-order valence-corrected chi connectivity index (χ3v) is 5.42. The molecule has 0 bridgehead atoms. The highest BCUT2D eigenvalue weighted by Crippen LogP contribution is 2.38. The Bertz CT molecular complexity index is 1140. The van der Waals surface area contributed by atoms with Crippen molar-refractivity contribution in [1.82, 2.24) is 9.78 Å². The fourth-order valence-corrected chi connectivity index (χ4v) is 3.61. The molecule has 9 heteroatoms. The number of benzene rings is 2. The predicted molar refractivity (Wildman–Crippen MR) is 117 cm³/mol. The molecule has 2 aromatic carbocycles. The molecule has 160 valence electrons. The van der Waals surface area contributed by atoms with Gasteiger partial charge in [0.05, 0.1) is 29.9 Å². The zero-order valence-corrected chi connectivity index (χ0v) is 18.6. The van der Waals surface area contributed by atoms with Crippen LogP contribution in [0.1, 0.15) is 33.3 Å². The topological polar surface area (TPSA) is 91.7 Å². The quantitative estimate of drug-likeness (QED) is 0.545. The SMILES string of the molecule is CCOC(=O)c1cnn(-c2ccc(C(=O)Nc3cc4c(cc3Br)OCCO4)cc2)c1C. The van der Waals surface area contributed by atoms with Crippen LogP contribution in [-0.4, -0.2) is 41.5 Å². The third kappa shape index (κ3) is 4.27. The molecule has 1 aliphatic heterocycles. The van der Waals surface area contributed by atoms with Crippen molar-refractivity contribution in [2.45, 2.75) is 13.8 Å². The van der Waals surface area contributed by atoms with Gasteiger partial charge in [-0.3, -0.25) is 4.79 Å². The number of aromatic nitrogens is 2. The molecule has 0 radical (unpaired) electrons. The minimum Gasteiger partial charge on any atom is -0.486 e. The van der Waals surface area contributed by atoms with Gasteiger partial charge >= 0.3 is 5.97 Å². The van der Waals surface area contributed by atoms with Gasteiger partial charge in [-0.05, 0) is 54.0 Å². The number of anilines is 1. The van der Waals surface area contributed by atoms with Gasteiger partial charge in [-0.15, -0.1) is 0 Å². The molecule has 0 unspecified atom stereocenters. The summed E-state index contributed by atoms with van der Waals surface area (Å²) < 4.78 is 18.5. The molecule has 8 nitrogen and oxygen atoms in total. The lowest BCUT2D eigenvalue weighted by Crippen LogP contribution is -2.17. The first-order valence-electron chi connectivity index (χ1n) is 9.70. The molecule has 1 aromatic heterocycles. The second kappa shape index (κ2) is 8.81. The van der Waals surface area contributed by atoms with Gasteiger partial charge in [0.25, 0.3) is 5.91 Å². The predicted octanol–water partition coefficient (Wildman–Crippen LogP) is 4.14. The van der Waals surface area contributed by atoms with Crippen molar-refractivity contribution in [3.63, 3.8) is 0 Å². The summed E-state index contributed by atoms with van der Waals surface area (Å²) in [5.41, 5.74) is 2.86. The molecule has 0 aliphatic carbocycles. The maximum atomic E-state index is 12.7. The Labute approximate surface area is 187 Å². The van der Waals surface area contributed by atoms with Gasteiger partial charge in [-0.25, -0.2) is 9.48 Å². The lowest BCUT2D eigenvalue weighted by molar-refractivity contribution is 0.0525. The zero-order chi connectivity index (χ0) is 22.0. The molecule has 31 heavy (non-hydrogen) atoms. The normalized spacial score (nSPS) is 12.4. The van der Waals surface area contributed by atoms with E-state index < -0.39 is 5.97 Å². The molecule has 1 amide bonds. The number of carbonyl (C=O) groups is 2. The average molecular weight is 486 g/mol. The molecule has 1 N–H and O–H groups in total. The van der Waals surface area contributed by atoms with Gasteiger partial charge in [0, 0.05) is 22.2 Å². The highest BCUT2D eigenvalue weighted by Gasteiger charge is 2.18. The van der Waals surface area contributed by atoms with E-state index in [2.05, 4.69) is 26.3 Å². The summed E-state index contributed by atoms with van der Waals surface area (Å²) in [6.45, 7) is 4.81. The van der Waals surface area contributed by atoms with Crippen molar-refractivity contribution >= 4 is 33.5 Å². The second-order valence-electron chi connectivity index (χ2n) is 6.75. The molecule has 0 saturated carbocycles. The van der Waals surface area contributed by atoms with Gasteiger partial charge in [0.2, 0.25) is 0 Å². The molecule has 0 fully saturated rings. The Morgan fingerprint density at radius 1 is 1.16 bits per heavy atom. The third-order valence-electron chi connectivity index (χ3n) is 4.76. The van der Waals surface area contributed by atoms with Crippen LogP contribution in [0.3, 0.4) is 0 Å². The van der Waals surface area contributed by atoms with Crippen LogP contribution in [0.5, 0.6) is 11.5 Å². The van der Waals surface area contributed by atoms with E-state index in [4.69, 9.17) is 14.2 Å². The van der Waals surface area contributed by atoms with E-state index >= 15 is 0 Å². The number of esters is 1. The molecule has 0 saturated heterocycles. The maximum absolute atomic E-state index is 12.7. The summed E-state index contributed by atoms with van der Waals surface area (Å²) >= 11 is 3.45. The number of rotatable bonds is 5. The Balaban J connectivity index is 1.51. The van der Waals surface area contributed by atoms with Crippen LogP contribution in [0.15, 0.2) is 47.1 Å². The van der Waals surface area contributed by atoms with E-state index in [9.17, 15) is 9.59 Å². The van der Waals surface area contributed by atoms with E-state index in [-0.39, 0.29) is 5.91 Å². The Kier molecular flexibility index (Phi) is 5.94. The van der Waals surface area contributed by atoms with Crippen LogP contribution in [0, 0.1) is 6.92 Å². The summed E-state index contributed by atoms with van der Waals surface area (Å²) in [5, 5.41) is 7.14. The van der Waals surface area contributed by atoms with Crippen molar-refractivity contribution in [2.75, 3.05) is 25.1 Å². The standard InChI is InChI=1S/C22H20BrN3O5/c1-3-29-22(28)16-12-24-26(13(16)2)15-6-4-14(5-7-15)21(27)25-18-11-20-19(10-17(18)23)30-8-9-31-20/h4-7,10-12H,3,8-9H2,1-2H3,(H,25,27). The van der Waals surface area contributed by atoms with Crippen LogP contribution in [-0.2, 0) is 4.74 Å². The molecule has 0 spiro atoms. The summed E-state index contributed by atoms with van der Waals surface area (Å²) in [6, 6.07) is 10.4. The van der Waals surface area contributed by atoms with Crippen molar-refractivity contribution < 1.29 is 23.8 Å². The first kappa shape index (κ1) is 20.9. The van der Waals surface area contributed by atoms with Crippen LogP contribution >= 0.6 is 15.9 Å². The van der Waals surface area contributed by atoms with Crippen molar-refractivity contribution in [3.05, 3.63) is 63.9 Å². The first-order valence-corrected chi connectivity index (χ1v) is 10.5. The highest BCUT2D eigenvalue weighted by molar-refractivity contribution is 9.10. The number of carbonyl (C=O) groups excluding carboxylic acids is 2. The van der Waals surface area contributed by atoms with Gasteiger partial charge < -0.3 is 19.5 Å². The number of halogens is 1. The Morgan fingerprint density at radius 3 is 2.52 bits per heavy atom. The van der Waals surface area contributed by atoms with Crippen LogP contribution in [0.4, 0.5) is 5.69 Å². The first-order chi connectivity index (χ1) is 15.0. The zero-order valence-electron chi connectivity index (χ0n) is 17.0. The molecule has 3 aromatic rings. The van der Waals surface area contributed by atoms with Crippen molar-refractivity contribution in [2.24, 2.45) is 0 Å². The van der Waals surface area contributed by atoms with Crippen LogP contribution in [0.25, 0.3) is 5.69 Å². The van der Waals surface area contributed by atoms with E-state index in [0.29, 0.717) is 58.3 Å². The maximum Gasteiger partial charge on any atom is 0.341 e. The summed E-state index contributed by atoms with van der Waals surface area (Å²) in [5.74, 6) is 0.546. The van der Waals surface area contributed by atoms with Gasteiger partial charge in [-0.2, -0.15) is 5.10 Å². The molecule has 1 aliphatic rings. The second-order valence-corrected chi connectivity index (χ2v) is 7.61. The van der Waals surface area contributed by atoms with Gasteiger partial charge in [0.1, 0.15) is 18.8 Å². The molecule has 2 heterocycles. The van der Waals surface area contributed by atoms with Crippen molar-refractivity contribution in [3.8, 4) is 17.2 Å². The highest BCUT2D eigenvalue weighted by atomic mass is 79.9. The molecule has 0 atom stereocenters.